The van der Waals surface area contributed by atoms with E-state index in [2.05, 4.69) is 56.6 Å². The standard InChI is InChI=1S/C29H47BrO2/c1-18(2)7-6-8-19(3)23-11-12-24-22-10-9-20-15-21(31)16-26(27(32)17-30)29(20,5)25(22)13-14-28(23,24)4/h9,18-19,21-26,31H,6-8,10-17H2,1-5H3/t19-,21-,22+,23-,24+,25+,26?,28-,29-/m1/s1. The second kappa shape index (κ2) is 9.48. The lowest BCUT2D eigenvalue weighted by molar-refractivity contribution is -0.133. The van der Waals surface area contributed by atoms with Crippen LogP contribution in [0, 0.1) is 52.3 Å². The number of allylic oxidation sites excluding steroid dienone is 1. The second-order valence-corrected chi connectivity index (χ2v) is 13.5. The van der Waals surface area contributed by atoms with Gasteiger partial charge in [0, 0.05) is 11.3 Å². The van der Waals surface area contributed by atoms with Crippen LogP contribution in [0.15, 0.2) is 11.6 Å². The molecule has 0 aliphatic heterocycles. The second-order valence-electron chi connectivity index (χ2n) is 12.9. The van der Waals surface area contributed by atoms with Crippen molar-refractivity contribution in [2.24, 2.45) is 52.3 Å². The smallest absolute Gasteiger partial charge is 0.147 e. The number of Topliss-reactive ketones (excluding diaryl/α,β-unsaturated/α-hetero) is 1. The lowest BCUT2D eigenvalue weighted by Crippen LogP contribution is -2.55. The zero-order valence-electron chi connectivity index (χ0n) is 21.2. The van der Waals surface area contributed by atoms with Crippen LogP contribution in [0.5, 0.6) is 0 Å². The largest absolute Gasteiger partial charge is 0.393 e. The molecule has 0 saturated heterocycles. The number of alkyl halides is 1. The van der Waals surface area contributed by atoms with E-state index in [1.807, 2.05) is 0 Å². The molecule has 0 spiro atoms. The molecular weight excluding hydrogens is 460 g/mol. The quantitative estimate of drug-likeness (QED) is 0.285. The first kappa shape index (κ1) is 25.0. The van der Waals surface area contributed by atoms with Crippen LogP contribution in [0.2, 0.25) is 0 Å². The van der Waals surface area contributed by atoms with Crippen molar-refractivity contribution in [3.63, 3.8) is 0 Å². The molecular formula is C29H47BrO2. The number of ketones is 1. The van der Waals surface area contributed by atoms with E-state index in [0.29, 0.717) is 28.9 Å². The molecule has 1 unspecified atom stereocenters. The van der Waals surface area contributed by atoms with Gasteiger partial charge < -0.3 is 5.11 Å². The van der Waals surface area contributed by atoms with Crippen LogP contribution < -0.4 is 0 Å². The molecule has 3 saturated carbocycles. The topological polar surface area (TPSA) is 37.3 Å². The Kier molecular flexibility index (Phi) is 7.39. The summed E-state index contributed by atoms with van der Waals surface area (Å²) in [4.78, 5) is 13.0. The van der Waals surface area contributed by atoms with Gasteiger partial charge >= 0.3 is 0 Å². The minimum Gasteiger partial charge on any atom is -0.393 e. The molecule has 0 bridgehead atoms. The molecule has 1 N–H and O–H groups in total. The number of hydrogen-bond acceptors (Lipinski definition) is 2. The van der Waals surface area contributed by atoms with Crippen LogP contribution in [0.3, 0.4) is 0 Å². The molecule has 9 atom stereocenters. The number of aliphatic hydroxyl groups excluding tert-OH is 1. The third kappa shape index (κ3) is 4.10. The average molecular weight is 508 g/mol. The number of halogens is 1. The van der Waals surface area contributed by atoms with E-state index >= 15 is 0 Å². The predicted molar refractivity (Wildman–Crippen MR) is 137 cm³/mol. The fourth-order valence-corrected chi connectivity index (χ4v) is 9.71. The first-order valence-electron chi connectivity index (χ1n) is 13.6. The van der Waals surface area contributed by atoms with Crippen molar-refractivity contribution in [2.45, 2.75) is 105 Å². The molecule has 2 nitrogen and oxygen atoms in total. The van der Waals surface area contributed by atoms with Gasteiger partial charge in [0.25, 0.3) is 0 Å². The number of hydrogen-bond donors (Lipinski definition) is 1. The summed E-state index contributed by atoms with van der Waals surface area (Å²) in [5, 5.41) is 11.0. The van der Waals surface area contributed by atoms with Gasteiger partial charge in [0.05, 0.1) is 11.4 Å². The highest BCUT2D eigenvalue weighted by Gasteiger charge is 2.61. The van der Waals surface area contributed by atoms with Gasteiger partial charge in [-0.3, -0.25) is 4.79 Å². The molecule has 0 radical (unpaired) electrons. The van der Waals surface area contributed by atoms with Crippen LogP contribution in [0.1, 0.15) is 98.8 Å². The minimum atomic E-state index is -0.352. The van der Waals surface area contributed by atoms with Crippen molar-refractivity contribution < 1.29 is 9.90 Å². The SMILES string of the molecule is CC(C)CCC[C@@H](C)[C@H]1CC[C@H]2[C@@H]3CC=C4C[C@@H](O)CC(C(=O)CBr)[C@@]4(C)[C@H]3CC[C@]12C. The van der Waals surface area contributed by atoms with Gasteiger partial charge in [0.1, 0.15) is 5.78 Å². The summed E-state index contributed by atoms with van der Waals surface area (Å²) in [5.41, 5.74) is 1.83. The number of aliphatic hydroxyl groups is 1. The van der Waals surface area contributed by atoms with E-state index in [1.54, 1.807) is 0 Å². The molecule has 3 fully saturated rings. The van der Waals surface area contributed by atoms with Crippen molar-refractivity contribution in [1.82, 2.24) is 0 Å². The highest BCUT2D eigenvalue weighted by Crippen LogP contribution is 2.68. The van der Waals surface area contributed by atoms with E-state index in [4.69, 9.17) is 0 Å². The fraction of sp³-hybridized carbons (Fsp3) is 0.897. The van der Waals surface area contributed by atoms with Gasteiger partial charge in [-0.15, -0.1) is 0 Å². The Morgan fingerprint density at radius 2 is 1.91 bits per heavy atom. The Morgan fingerprint density at radius 3 is 2.59 bits per heavy atom. The van der Waals surface area contributed by atoms with Gasteiger partial charge in [-0.05, 0) is 85.9 Å². The molecule has 3 heteroatoms. The van der Waals surface area contributed by atoms with E-state index < -0.39 is 0 Å². The van der Waals surface area contributed by atoms with Gasteiger partial charge in [-0.2, -0.15) is 0 Å². The van der Waals surface area contributed by atoms with E-state index in [-0.39, 0.29) is 17.4 Å². The summed E-state index contributed by atoms with van der Waals surface area (Å²) < 4.78 is 0. The van der Waals surface area contributed by atoms with Gasteiger partial charge in [-0.1, -0.05) is 81.5 Å². The number of fused-ring (bicyclic) bond motifs is 5. The number of rotatable bonds is 7. The molecule has 0 amide bonds. The van der Waals surface area contributed by atoms with E-state index in [1.165, 1.54) is 56.9 Å². The van der Waals surface area contributed by atoms with Crippen LogP contribution in [-0.4, -0.2) is 22.3 Å². The number of carbonyl (C=O) groups is 1. The minimum absolute atomic E-state index is 0.0267. The van der Waals surface area contributed by atoms with Gasteiger partial charge in [0.2, 0.25) is 0 Å². The summed E-state index contributed by atoms with van der Waals surface area (Å²) in [6.07, 6.45) is 14.3. The first-order chi connectivity index (χ1) is 15.1. The molecule has 32 heavy (non-hydrogen) atoms. The molecule has 4 aliphatic rings. The van der Waals surface area contributed by atoms with Gasteiger partial charge in [-0.25, -0.2) is 0 Å². The van der Waals surface area contributed by atoms with Crippen molar-refractivity contribution in [3.05, 3.63) is 11.6 Å². The van der Waals surface area contributed by atoms with Gasteiger partial charge in [0.15, 0.2) is 0 Å². The Bertz CT molecular complexity index is 729. The molecule has 0 heterocycles. The van der Waals surface area contributed by atoms with Crippen LogP contribution >= 0.6 is 15.9 Å². The monoisotopic (exact) mass is 506 g/mol. The molecule has 4 aliphatic carbocycles. The molecule has 4 rings (SSSR count). The zero-order chi connectivity index (χ0) is 23.3. The Hall–Kier alpha value is -0.150. The summed E-state index contributed by atoms with van der Waals surface area (Å²) >= 11 is 3.46. The Balaban J connectivity index is 1.56. The zero-order valence-corrected chi connectivity index (χ0v) is 22.8. The summed E-state index contributed by atoms with van der Waals surface area (Å²) in [6.45, 7) is 12.3. The van der Waals surface area contributed by atoms with Crippen molar-refractivity contribution in [2.75, 3.05) is 5.33 Å². The van der Waals surface area contributed by atoms with Crippen molar-refractivity contribution in [1.29, 1.82) is 0 Å². The molecule has 0 aromatic carbocycles. The third-order valence-electron chi connectivity index (χ3n) is 10.9. The maximum atomic E-state index is 13.0. The Morgan fingerprint density at radius 1 is 1.16 bits per heavy atom. The lowest BCUT2D eigenvalue weighted by Gasteiger charge is -2.60. The summed E-state index contributed by atoms with van der Waals surface area (Å²) in [5.74, 6) is 4.92. The molecule has 0 aromatic heterocycles. The Labute approximate surface area is 205 Å². The maximum absolute atomic E-state index is 13.0. The van der Waals surface area contributed by atoms with Crippen molar-refractivity contribution >= 4 is 21.7 Å². The van der Waals surface area contributed by atoms with Crippen LogP contribution in [0.4, 0.5) is 0 Å². The lowest BCUT2D eigenvalue weighted by atomic mass is 9.44. The first-order valence-corrected chi connectivity index (χ1v) is 14.7. The summed E-state index contributed by atoms with van der Waals surface area (Å²) in [7, 11) is 0. The highest BCUT2D eigenvalue weighted by molar-refractivity contribution is 9.09. The van der Waals surface area contributed by atoms with Crippen molar-refractivity contribution in [3.8, 4) is 0 Å². The molecule has 0 aromatic rings. The highest BCUT2D eigenvalue weighted by atomic mass is 79.9. The summed E-state index contributed by atoms with van der Waals surface area (Å²) in [6, 6.07) is 0. The van der Waals surface area contributed by atoms with E-state index in [0.717, 1.165) is 36.0 Å². The predicted octanol–water partition coefficient (Wildman–Crippen LogP) is 7.58. The van der Waals surface area contributed by atoms with Crippen LogP contribution in [-0.2, 0) is 4.79 Å². The fourth-order valence-electron chi connectivity index (χ4n) is 9.32. The number of carbonyl (C=O) groups excluding carboxylic acids is 1. The molecule has 182 valence electrons. The third-order valence-corrected chi connectivity index (χ3v) is 11.5. The normalized spacial score (nSPS) is 44.4. The van der Waals surface area contributed by atoms with Crippen LogP contribution in [0.25, 0.3) is 0 Å². The average Bonchev–Trinajstić information content (AvgIpc) is 3.10. The maximum Gasteiger partial charge on any atom is 0.147 e. The van der Waals surface area contributed by atoms with E-state index in [9.17, 15) is 9.90 Å².